The van der Waals surface area contributed by atoms with Crippen LogP contribution in [0.2, 0.25) is 0 Å². The lowest BCUT2D eigenvalue weighted by Gasteiger charge is -2.26. The summed E-state index contributed by atoms with van der Waals surface area (Å²) in [7, 11) is 0. The number of fused-ring (bicyclic) bond motifs is 1. The predicted molar refractivity (Wildman–Crippen MR) is 187 cm³/mol. The van der Waals surface area contributed by atoms with Crippen LogP contribution < -0.4 is 20.9 Å². The molecule has 1 heterocycles. The van der Waals surface area contributed by atoms with Crippen molar-refractivity contribution in [2.24, 2.45) is 0 Å². The van der Waals surface area contributed by atoms with E-state index in [4.69, 9.17) is 18.9 Å². The van der Waals surface area contributed by atoms with Crippen LogP contribution in [0.5, 0.6) is 0 Å². The average Bonchev–Trinajstić information content (AvgIpc) is 3.48. The molecule has 2 aromatic rings. The number of hydrogen-bond donors (Lipinski definition) is 3. The molecular formula is C37H50N4O10. The fourth-order valence-electron chi connectivity index (χ4n) is 5.43. The summed E-state index contributed by atoms with van der Waals surface area (Å²) in [6.07, 6.45) is -0.465. The lowest BCUT2D eigenvalue weighted by molar-refractivity contribution is -0.148. The van der Waals surface area contributed by atoms with Gasteiger partial charge in [0.2, 0.25) is 11.8 Å². The molecule has 4 amide bonds. The lowest BCUT2D eigenvalue weighted by Crippen LogP contribution is -2.52. The molecule has 14 heteroatoms. The maximum atomic E-state index is 13.6. The third kappa shape index (κ3) is 13.3. The number of nitrogens with zero attached hydrogens (tertiary/aromatic N) is 1. The van der Waals surface area contributed by atoms with Crippen LogP contribution in [0, 0.1) is 0 Å². The van der Waals surface area contributed by atoms with E-state index >= 15 is 0 Å². The molecule has 0 spiro atoms. The smallest absolute Gasteiger partial charge is 0.408 e. The number of benzene rings is 2. The molecule has 2 aromatic carbocycles. The van der Waals surface area contributed by atoms with Crippen molar-refractivity contribution in [2.45, 2.75) is 103 Å². The number of para-hydroxylation sites is 1. The number of amides is 4. The van der Waals surface area contributed by atoms with Crippen molar-refractivity contribution < 1.29 is 47.7 Å². The Kier molecular flexibility index (Phi) is 15.7. The third-order valence-electron chi connectivity index (χ3n) is 7.75. The Morgan fingerprint density at radius 3 is 2.18 bits per heavy atom. The average molecular weight is 711 g/mol. The first-order valence-corrected chi connectivity index (χ1v) is 17.3. The summed E-state index contributed by atoms with van der Waals surface area (Å²) < 4.78 is 21.0. The maximum Gasteiger partial charge on any atom is 0.408 e. The van der Waals surface area contributed by atoms with Gasteiger partial charge in [0.25, 0.3) is 0 Å². The number of esters is 2. The Morgan fingerprint density at radius 2 is 1.49 bits per heavy atom. The Morgan fingerprint density at radius 1 is 0.804 bits per heavy atom. The largest absolute Gasteiger partial charge is 0.464 e. The number of alkyl carbamates (subject to hydrolysis) is 2. The zero-order valence-corrected chi connectivity index (χ0v) is 30.0. The normalized spacial score (nSPS) is 14.7. The van der Waals surface area contributed by atoms with Crippen molar-refractivity contribution in [3.8, 4) is 0 Å². The van der Waals surface area contributed by atoms with Gasteiger partial charge in [-0.25, -0.2) is 19.2 Å². The van der Waals surface area contributed by atoms with Crippen LogP contribution in [0.4, 0.5) is 15.3 Å². The highest BCUT2D eigenvalue weighted by atomic mass is 16.6. The zero-order valence-electron chi connectivity index (χ0n) is 30.0. The number of ether oxygens (including phenoxy) is 4. The summed E-state index contributed by atoms with van der Waals surface area (Å²) in [4.78, 5) is 79.3. The lowest BCUT2D eigenvalue weighted by atomic mass is 10.1. The number of anilines is 1. The second kappa shape index (κ2) is 19.9. The van der Waals surface area contributed by atoms with E-state index in [1.807, 2.05) is 18.2 Å². The van der Waals surface area contributed by atoms with Gasteiger partial charge in [-0.2, -0.15) is 0 Å². The minimum Gasteiger partial charge on any atom is -0.464 e. The number of hydrogen-bond acceptors (Lipinski definition) is 10. The molecule has 0 aliphatic carbocycles. The van der Waals surface area contributed by atoms with Crippen LogP contribution >= 0.6 is 0 Å². The SMILES string of the molecule is CCOC(=O)[C@@H](CCC(=O)N1c2ccccc2C[C@H]1C(=O)OCC)NC(=O)[C@H](CCCCNC(=O)OC(C)(C)C)NC(=O)OCc1ccccc1. The van der Waals surface area contributed by atoms with E-state index in [1.165, 1.54) is 4.90 Å². The maximum absolute atomic E-state index is 13.6. The summed E-state index contributed by atoms with van der Waals surface area (Å²) in [5, 5.41) is 7.89. The van der Waals surface area contributed by atoms with Gasteiger partial charge in [-0.1, -0.05) is 48.5 Å². The van der Waals surface area contributed by atoms with E-state index in [0.29, 0.717) is 24.9 Å². The number of nitrogens with one attached hydrogen (secondary N) is 3. The molecule has 3 atom stereocenters. The Balaban J connectivity index is 1.69. The van der Waals surface area contributed by atoms with Crippen LogP contribution in [-0.4, -0.2) is 79.4 Å². The molecule has 1 aliphatic heterocycles. The molecule has 0 saturated carbocycles. The molecule has 1 aliphatic rings. The van der Waals surface area contributed by atoms with Crippen LogP contribution in [-0.2, 0) is 51.2 Å². The molecule has 0 bridgehead atoms. The number of carbonyl (C=O) groups excluding carboxylic acids is 6. The number of rotatable bonds is 17. The van der Waals surface area contributed by atoms with Gasteiger partial charge < -0.3 is 34.9 Å². The topological polar surface area (TPSA) is 179 Å². The van der Waals surface area contributed by atoms with E-state index in [2.05, 4.69) is 16.0 Å². The standard InChI is InChI=1S/C37H50N4O10/c1-6-48-33(44)28(20-21-31(42)41-29-19-12-11-17-26(29)23-30(41)34(45)49-7-2)39-32(43)27(18-13-14-22-38-35(46)51-37(3,4)5)40-36(47)50-24-25-15-9-8-10-16-25/h8-12,15-17,19,27-28,30H,6-7,13-14,18,20-24H2,1-5H3,(H,38,46)(H,39,43)(H,40,47)/t27-,28+,30-/m0/s1. The Hall–Kier alpha value is -5.14. The van der Waals surface area contributed by atoms with Crippen LogP contribution in [0.3, 0.4) is 0 Å². The number of carbonyl (C=O) groups is 6. The minimum absolute atomic E-state index is 0.0270. The van der Waals surface area contributed by atoms with Crippen molar-refractivity contribution in [1.82, 2.24) is 16.0 Å². The highest BCUT2D eigenvalue weighted by Crippen LogP contribution is 2.33. The van der Waals surface area contributed by atoms with Crippen molar-refractivity contribution >= 4 is 41.6 Å². The minimum atomic E-state index is -1.24. The van der Waals surface area contributed by atoms with Crippen molar-refractivity contribution in [3.05, 3.63) is 65.7 Å². The molecule has 3 N–H and O–H groups in total. The fraction of sp³-hybridized carbons (Fsp3) is 0.514. The molecule has 51 heavy (non-hydrogen) atoms. The third-order valence-corrected chi connectivity index (χ3v) is 7.75. The first-order chi connectivity index (χ1) is 24.3. The second-order valence-electron chi connectivity index (χ2n) is 12.9. The molecule has 0 aromatic heterocycles. The highest BCUT2D eigenvalue weighted by molar-refractivity contribution is 6.02. The van der Waals surface area contributed by atoms with E-state index in [9.17, 15) is 28.8 Å². The molecule has 3 rings (SSSR count). The van der Waals surface area contributed by atoms with E-state index in [-0.39, 0.29) is 45.6 Å². The van der Waals surface area contributed by atoms with Gasteiger partial charge in [0, 0.05) is 25.1 Å². The zero-order chi connectivity index (χ0) is 37.4. The van der Waals surface area contributed by atoms with Crippen LogP contribution in [0.1, 0.15) is 77.8 Å². The first-order valence-electron chi connectivity index (χ1n) is 17.3. The quantitative estimate of drug-likeness (QED) is 0.122. The highest BCUT2D eigenvalue weighted by Gasteiger charge is 2.39. The van der Waals surface area contributed by atoms with E-state index in [0.717, 1.165) is 11.1 Å². The monoisotopic (exact) mass is 710 g/mol. The first kappa shape index (κ1) is 40.3. The van der Waals surface area contributed by atoms with Gasteiger partial charge in [0.15, 0.2) is 0 Å². The summed E-state index contributed by atoms with van der Waals surface area (Å²) in [6.45, 7) is 8.98. The van der Waals surface area contributed by atoms with Gasteiger partial charge in [-0.3, -0.25) is 14.5 Å². The molecule has 278 valence electrons. The molecule has 0 fully saturated rings. The summed E-state index contributed by atoms with van der Waals surface area (Å²) in [5.41, 5.74) is 1.49. The van der Waals surface area contributed by atoms with E-state index in [1.54, 1.807) is 71.0 Å². The molecule has 0 radical (unpaired) electrons. The van der Waals surface area contributed by atoms with Crippen LogP contribution in [0.25, 0.3) is 0 Å². The Labute approximate surface area is 298 Å². The molecule has 0 unspecified atom stereocenters. The summed E-state index contributed by atoms with van der Waals surface area (Å²) in [5.74, 6) is -2.41. The molecule has 0 saturated heterocycles. The van der Waals surface area contributed by atoms with Gasteiger partial charge in [0.1, 0.15) is 30.3 Å². The van der Waals surface area contributed by atoms with Crippen molar-refractivity contribution in [3.63, 3.8) is 0 Å². The van der Waals surface area contributed by atoms with Crippen molar-refractivity contribution in [2.75, 3.05) is 24.7 Å². The molecular weight excluding hydrogens is 660 g/mol. The summed E-state index contributed by atoms with van der Waals surface area (Å²) in [6, 6.07) is 13.0. The fourth-order valence-corrected chi connectivity index (χ4v) is 5.43. The second-order valence-corrected chi connectivity index (χ2v) is 12.9. The van der Waals surface area contributed by atoms with Crippen molar-refractivity contribution in [1.29, 1.82) is 0 Å². The molecule has 14 nitrogen and oxygen atoms in total. The van der Waals surface area contributed by atoms with E-state index < -0.39 is 59.7 Å². The van der Waals surface area contributed by atoms with Gasteiger partial charge in [-0.15, -0.1) is 0 Å². The van der Waals surface area contributed by atoms with Gasteiger partial charge in [-0.05, 0) is 77.5 Å². The Bertz CT molecular complexity index is 1490. The van der Waals surface area contributed by atoms with Gasteiger partial charge in [0.05, 0.1) is 13.2 Å². The van der Waals surface area contributed by atoms with Gasteiger partial charge >= 0.3 is 24.1 Å². The number of unbranched alkanes of at least 4 members (excludes halogenated alkanes) is 1. The predicted octanol–water partition coefficient (Wildman–Crippen LogP) is 4.33. The summed E-state index contributed by atoms with van der Waals surface area (Å²) >= 11 is 0. The van der Waals surface area contributed by atoms with Crippen LogP contribution in [0.15, 0.2) is 54.6 Å².